The Morgan fingerprint density at radius 3 is 2.76 bits per heavy atom. The summed E-state index contributed by atoms with van der Waals surface area (Å²) >= 11 is 1.26. The van der Waals surface area contributed by atoms with Gasteiger partial charge in [-0.3, -0.25) is 9.36 Å². The van der Waals surface area contributed by atoms with E-state index in [1.807, 2.05) is 35.8 Å². The smallest absolute Gasteiger partial charge is 0.338 e. The molecule has 3 aromatic rings. The van der Waals surface area contributed by atoms with Crippen LogP contribution in [0.4, 0.5) is 5.69 Å². The first-order valence-corrected chi connectivity index (χ1v) is 11.4. The predicted molar refractivity (Wildman–Crippen MR) is 127 cm³/mol. The number of amides is 1. The van der Waals surface area contributed by atoms with Crippen LogP contribution in [0.25, 0.3) is 0 Å². The molecular formula is C24H26N4O4S. The van der Waals surface area contributed by atoms with Crippen molar-refractivity contribution >= 4 is 29.3 Å². The maximum Gasteiger partial charge on any atom is 0.338 e. The number of thioether (sulfide) groups is 1. The number of para-hydroxylation sites is 1. The average Bonchev–Trinajstić information content (AvgIpc) is 3.19. The van der Waals surface area contributed by atoms with E-state index in [0.717, 1.165) is 11.3 Å². The van der Waals surface area contributed by atoms with Crippen LogP contribution in [0.3, 0.4) is 0 Å². The van der Waals surface area contributed by atoms with Crippen molar-refractivity contribution in [3.63, 3.8) is 0 Å². The predicted octanol–water partition coefficient (Wildman–Crippen LogP) is 4.26. The number of carbonyl (C=O) groups excluding carboxylic acids is 2. The first kappa shape index (κ1) is 24.1. The van der Waals surface area contributed by atoms with Crippen molar-refractivity contribution in [1.82, 2.24) is 14.8 Å². The normalized spacial score (nSPS) is 10.5. The molecule has 0 saturated carbocycles. The topological polar surface area (TPSA) is 95.3 Å². The monoisotopic (exact) mass is 466 g/mol. The second-order valence-corrected chi connectivity index (χ2v) is 7.93. The largest absolute Gasteiger partial charge is 0.485 e. The molecular weight excluding hydrogens is 440 g/mol. The van der Waals surface area contributed by atoms with Crippen molar-refractivity contribution in [2.24, 2.45) is 0 Å². The maximum atomic E-state index is 12.5. The number of hydrogen-bond donors (Lipinski definition) is 1. The Morgan fingerprint density at radius 2 is 2.00 bits per heavy atom. The number of ether oxygens (including phenoxy) is 2. The number of hydrogen-bond acceptors (Lipinski definition) is 7. The Labute approximate surface area is 197 Å². The van der Waals surface area contributed by atoms with Crippen LogP contribution in [0.5, 0.6) is 5.75 Å². The van der Waals surface area contributed by atoms with Crippen molar-refractivity contribution < 1.29 is 19.1 Å². The molecule has 0 fully saturated rings. The van der Waals surface area contributed by atoms with E-state index < -0.39 is 5.97 Å². The van der Waals surface area contributed by atoms with Crippen LogP contribution >= 0.6 is 11.8 Å². The molecule has 0 aliphatic rings. The lowest BCUT2D eigenvalue weighted by Crippen LogP contribution is -2.15. The van der Waals surface area contributed by atoms with Crippen molar-refractivity contribution in [3.05, 3.63) is 78.1 Å². The lowest BCUT2D eigenvalue weighted by molar-refractivity contribution is -0.113. The summed E-state index contributed by atoms with van der Waals surface area (Å²) in [5.41, 5.74) is 1.93. The number of nitrogens with zero attached hydrogens (tertiary/aromatic N) is 3. The summed E-state index contributed by atoms with van der Waals surface area (Å²) in [6, 6.07) is 14.4. The van der Waals surface area contributed by atoms with Gasteiger partial charge in [-0.25, -0.2) is 4.79 Å². The van der Waals surface area contributed by atoms with E-state index in [1.54, 1.807) is 37.3 Å². The van der Waals surface area contributed by atoms with Crippen molar-refractivity contribution in [1.29, 1.82) is 0 Å². The lowest BCUT2D eigenvalue weighted by Gasteiger charge is -2.11. The Kier molecular flexibility index (Phi) is 8.65. The number of anilines is 1. The molecule has 0 unspecified atom stereocenters. The Morgan fingerprint density at radius 1 is 1.18 bits per heavy atom. The SMILES string of the molecule is C=CCn1c(COc2ccccc2C)nnc1SCC(=O)Nc1cccc(C(=O)OCC)c1. The molecule has 0 aliphatic carbocycles. The summed E-state index contributed by atoms with van der Waals surface area (Å²) < 4.78 is 12.8. The molecule has 1 amide bonds. The van der Waals surface area contributed by atoms with E-state index in [-0.39, 0.29) is 24.9 Å². The van der Waals surface area contributed by atoms with E-state index in [1.165, 1.54) is 11.8 Å². The second kappa shape index (κ2) is 11.9. The molecule has 172 valence electrons. The van der Waals surface area contributed by atoms with E-state index >= 15 is 0 Å². The third kappa shape index (κ3) is 6.69. The minimum atomic E-state index is -0.430. The van der Waals surface area contributed by atoms with Gasteiger partial charge in [0.25, 0.3) is 0 Å². The molecule has 3 rings (SSSR count). The van der Waals surface area contributed by atoms with Gasteiger partial charge in [0.2, 0.25) is 5.91 Å². The van der Waals surface area contributed by atoms with Gasteiger partial charge in [0.15, 0.2) is 11.0 Å². The number of allylic oxidation sites excluding steroid dienone is 1. The molecule has 0 radical (unpaired) electrons. The number of benzene rings is 2. The van der Waals surface area contributed by atoms with Gasteiger partial charge < -0.3 is 14.8 Å². The molecule has 1 aromatic heterocycles. The van der Waals surface area contributed by atoms with Crippen LogP contribution in [0.2, 0.25) is 0 Å². The van der Waals surface area contributed by atoms with Crippen molar-refractivity contribution in [2.45, 2.75) is 32.2 Å². The van der Waals surface area contributed by atoms with E-state index in [9.17, 15) is 9.59 Å². The van der Waals surface area contributed by atoms with Gasteiger partial charge in [-0.05, 0) is 43.7 Å². The number of rotatable bonds is 11. The molecule has 8 nitrogen and oxygen atoms in total. The summed E-state index contributed by atoms with van der Waals surface area (Å²) in [6.07, 6.45) is 1.74. The second-order valence-electron chi connectivity index (χ2n) is 6.99. The Hall–Kier alpha value is -3.59. The highest BCUT2D eigenvalue weighted by Gasteiger charge is 2.15. The van der Waals surface area contributed by atoms with Gasteiger partial charge >= 0.3 is 5.97 Å². The maximum absolute atomic E-state index is 12.5. The molecule has 0 saturated heterocycles. The summed E-state index contributed by atoms with van der Waals surface area (Å²) in [5.74, 6) is 0.887. The van der Waals surface area contributed by atoms with E-state index in [0.29, 0.717) is 28.8 Å². The zero-order valence-electron chi connectivity index (χ0n) is 18.6. The quantitative estimate of drug-likeness (QED) is 0.256. The summed E-state index contributed by atoms with van der Waals surface area (Å²) in [7, 11) is 0. The number of carbonyl (C=O) groups is 2. The van der Waals surface area contributed by atoms with Gasteiger partial charge in [-0.15, -0.1) is 16.8 Å². The number of aryl methyl sites for hydroxylation is 1. The fraction of sp³-hybridized carbons (Fsp3) is 0.250. The summed E-state index contributed by atoms with van der Waals surface area (Å²) in [4.78, 5) is 24.3. The molecule has 0 bridgehead atoms. The van der Waals surface area contributed by atoms with Gasteiger partial charge in [0.05, 0.1) is 17.9 Å². The fourth-order valence-corrected chi connectivity index (χ4v) is 3.74. The van der Waals surface area contributed by atoms with Crippen LogP contribution in [-0.4, -0.2) is 39.0 Å². The Balaban J connectivity index is 1.61. The Bertz CT molecular complexity index is 1130. The standard InChI is InChI=1S/C24H26N4O4S/c1-4-13-28-21(15-32-20-12-7-6-9-17(20)3)26-27-24(28)33-16-22(29)25-19-11-8-10-18(14-19)23(30)31-5-2/h4,6-12,14H,1,5,13,15-16H2,2-3H3,(H,25,29). The molecule has 9 heteroatoms. The molecule has 1 heterocycles. The minimum Gasteiger partial charge on any atom is -0.485 e. The van der Waals surface area contributed by atoms with Gasteiger partial charge in [0.1, 0.15) is 12.4 Å². The number of esters is 1. The highest BCUT2D eigenvalue weighted by molar-refractivity contribution is 7.99. The molecule has 0 spiro atoms. The van der Waals surface area contributed by atoms with Gasteiger partial charge in [-0.1, -0.05) is 42.1 Å². The van der Waals surface area contributed by atoms with E-state index in [2.05, 4.69) is 22.1 Å². The first-order valence-electron chi connectivity index (χ1n) is 10.4. The van der Waals surface area contributed by atoms with Crippen LogP contribution in [-0.2, 0) is 22.7 Å². The third-order valence-corrected chi connectivity index (χ3v) is 5.51. The zero-order chi connectivity index (χ0) is 23.6. The number of aromatic nitrogens is 3. The average molecular weight is 467 g/mol. The first-order chi connectivity index (χ1) is 16.0. The summed E-state index contributed by atoms with van der Waals surface area (Å²) in [5, 5.41) is 11.8. The molecule has 2 aromatic carbocycles. The number of nitrogens with one attached hydrogen (secondary N) is 1. The molecule has 0 aliphatic heterocycles. The van der Waals surface area contributed by atoms with Crippen molar-refractivity contribution in [3.8, 4) is 5.75 Å². The molecule has 1 N–H and O–H groups in total. The minimum absolute atomic E-state index is 0.123. The molecule has 0 atom stereocenters. The summed E-state index contributed by atoms with van der Waals surface area (Å²) in [6.45, 7) is 8.54. The third-order valence-electron chi connectivity index (χ3n) is 4.55. The lowest BCUT2D eigenvalue weighted by atomic mass is 10.2. The highest BCUT2D eigenvalue weighted by Crippen LogP contribution is 2.21. The van der Waals surface area contributed by atoms with Crippen LogP contribution in [0.15, 0.2) is 66.3 Å². The molecule has 33 heavy (non-hydrogen) atoms. The van der Waals surface area contributed by atoms with E-state index in [4.69, 9.17) is 9.47 Å². The van der Waals surface area contributed by atoms with Crippen LogP contribution in [0.1, 0.15) is 28.7 Å². The van der Waals surface area contributed by atoms with Crippen LogP contribution in [0, 0.1) is 6.92 Å². The zero-order valence-corrected chi connectivity index (χ0v) is 19.4. The fourth-order valence-electron chi connectivity index (χ4n) is 2.97. The highest BCUT2D eigenvalue weighted by atomic mass is 32.2. The van der Waals surface area contributed by atoms with Gasteiger partial charge in [-0.2, -0.15) is 0 Å². The van der Waals surface area contributed by atoms with Gasteiger partial charge in [0, 0.05) is 12.2 Å². The van der Waals surface area contributed by atoms with Crippen LogP contribution < -0.4 is 10.1 Å². The van der Waals surface area contributed by atoms with Crippen molar-refractivity contribution in [2.75, 3.05) is 17.7 Å².